The lowest BCUT2D eigenvalue weighted by atomic mass is 9.96. The van der Waals surface area contributed by atoms with Gasteiger partial charge < -0.3 is 0 Å². The highest BCUT2D eigenvalue weighted by Gasteiger charge is 2.13. The summed E-state index contributed by atoms with van der Waals surface area (Å²) < 4.78 is 0. The van der Waals surface area contributed by atoms with Crippen LogP contribution in [-0.2, 0) is 0 Å². The van der Waals surface area contributed by atoms with Crippen LogP contribution in [0.3, 0.4) is 0 Å². The molecule has 1 aliphatic carbocycles. The van der Waals surface area contributed by atoms with Gasteiger partial charge in [0.25, 0.3) is 0 Å². The van der Waals surface area contributed by atoms with Gasteiger partial charge in [-0.25, -0.2) is 0 Å². The minimum Gasteiger partial charge on any atom is -0.0773 e. The second kappa shape index (κ2) is 4.64. The van der Waals surface area contributed by atoms with E-state index in [1.807, 2.05) is 0 Å². The van der Waals surface area contributed by atoms with E-state index in [1.165, 1.54) is 12.8 Å². The maximum atomic E-state index is 2.45. The van der Waals surface area contributed by atoms with Crippen molar-refractivity contribution in [1.29, 1.82) is 0 Å². The van der Waals surface area contributed by atoms with Crippen molar-refractivity contribution in [3.63, 3.8) is 0 Å². The van der Waals surface area contributed by atoms with Crippen LogP contribution < -0.4 is 0 Å². The normalized spacial score (nSPS) is 23.8. The minimum absolute atomic E-state index is 0.712. The number of rotatable bonds is 4. The summed E-state index contributed by atoms with van der Waals surface area (Å²) in [7, 11) is 0. The molecule has 0 bridgehead atoms. The third-order valence-electron chi connectivity index (χ3n) is 2.87. The summed E-state index contributed by atoms with van der Waals surface area (Å²) in [6.45, 7) is 9.16. The zero-order valence-corrected chi connectivity index (χ0v) is 9.38. The third kappa shape index (κ3) is 3.02. The van der Waals surface area contributed by atoms with Crippen LogP contribution in [-0.4, -0.2) is 0 Å². The van der Waals surface area contributed by atoms with Gasteiger partial charge in [0.2, 0.25) is 0 Å². The molecule has 13 heavy (non-hydrogen) atoms. The van der Waals surface area contributed by atoms with Gasteiger partial charge in [-0.3, -0.25) is 0 Å². The molecule has 2 atom stereocenters. The van der Waals surface area contributed by atoms with Gasteiger partial charge in [-0.15, -0.1) is 0 Å². The SMILES string of the molecule is CCC(C)C1=CC(CC(C)C)C=C1. The molecule has 0 spiro atoms. The molecule has 0 aromatic heterocycles. The van der Waals surface area contributed by atoms with Gasteiger partial charge in [-0.1, -0.05) is 45.9 Å². The predicted octanol–water partition coefficient (Wildman–Crippen LogP) is 4.19. The summed E-state index contributed by atoms with van der Waals surface area (Å²) in [5.74, 6) is 2.26. The van der Waals surface area contributed by atoms with Crippen molar-refractivity contribution in [2.75, 3.05) is 0 Å². The molecule has 0 fully saturated rings. The monoisotopic (exact) mass is 178 g/mol. The Morgan fingerprint density at radius 2 is 2.00 bits per heavy atom. The molecule has 0 radical (unpaired) electrons. The second-order valence-electron chi connectivity index (χ2n) is 4.63. The molecule has 0 aromatic rings. The highest BCUT2D eigenvalue weighted by molar-refractivity contribution is 5.30. The first-order chi connectivity index (χ1) is 6.13. The maximum absolute atomic E-state index is 2.45. The summed E-state index contributed by atoms with van der Waals surface area (Å²) >= 11 is 0. The van der Waals surface area contributed by atoms with Crippen LogP contribution in [0.4, 0.5) is 0 Å². The van der Waals surface area contributed by atoms with Crippen LogP contribution in [0.15, 0.2) is 23.8 Å². The molecule has 0 N–H and O–H groups in total. The number of hydrogen-bond acceptors (Lipinski definition) is 0. The summed E-state index contributed by atoms with van der Waals surface area (Å²) in [6.07, 6.45) is 9.69. The molecule has 1 rings (SSSR count). The van der Waals surface area contributed by atoms with Crippen molar-refractivity contribution in [3.8, 4) is 0 Å². The molecule has 0 aliphatic heterocycles. The average Bonchev–Trinajstić information content (AvgIpc) is 2.50. The van der Waals surface area contributed by atoms with Gasteiger partial charge in [-0.05, 0) is 36.2 Å². The Labute approximate surface area is 82.7 Å². The minimum atomic E-state index is 0.712. The predicted molar refractivity (Wildman–Crippen MR) is 59.6 cm³/mol. The average molecular weight is 178 g/mol. The van der Waals surface area contributed by atoms with Gasteiger partial charge >= 0.3 is 0 Å². The first-order valence-corrected chi connectivity index (χ1v) is 5.53. The molecule has 0 aromatic carbocycles. The zero-order chi connectivity index (χ0) is 9.84. The van der Waals surface area contributed by atoms with Crippen molar-refractivity contribution in [2.24, 2.45) is 17.8 Å². The van der Waals surface area contributed by atoms with Gasteiger partial charge in [0.1, 0.15) is 0 Å². The smallest absolute Gasteiger partial charge is 0.00419 e. The van der Waals surface area contributed by atoms with Crippen molar-refractivity contribution in [2.45, 2.75) is 40.5 Å². The van der Waals surface area contributed by atoms with Gasteiger partial charge in [0.05, 0.1) is 0 Å². The third-order valence-corrected chi connectivity index (χ3v) is 2.87. The molecule has 0 heteroatoms. The second-order valence-corrected chi connectivity index (χ2v) is 4.63. The van der Waals surface area contributed by atoms with Gasteiger partial charge in [0.15, 0.2) is 0 Å². The summed E-state index contributed by atoms with van der Waals surface area (Å²) in [5, 5.41) is 0. The van der Waals surface area contributed by atoms with Crippen LogP contribution >= 0.6 is 0 Å². The van der Waals surface area contributed by atoms with E-state index in [0.29, 0.717) is 5.92 Å². The van der Waals surface area contributed by atoms with Crippen molar-refractivity contribution >= 4 is 0 Å². The van der Waals surface area contributed by atoms with E-state index in [4.69, 9.17) is 0 Å². The zero-order valence-electron chi connectivity index (χ0n) is 9.38. The molecule has 0 amide bonds. The Morgan fingerprint density at radius 3 is 2.54 bits per heavy atom. The Bertz CT molecular complexity index is 208. The molecule has 0 saturated carbocycles. The Hall–Kier alpha value is -0.520. The Balaban J connectivity index is 2.50. The first-order valence-electron chi connectivity index (χ1n) is 5.53. The Kier molecular flexibility index (Phi) is 3.77. The van der Waals surface area contributed by atoms with E-state index in [-0.39, 0.29) is 0 Å². The molecular formula is C13H22. The van der Waals surface area contributed by atoms with E-state index in [0.717, 1.165) is 11.8 Å². The van der Waals surface area contributed by atoms with Crippen LogP contribution in [0.5, 0.6) is 0 Å². The van der Waals surface area contributed by atoms with Crippen LogP contribution in [0.2, 0.25) is 0 Å². The van der Waals surface area contributed by atoms with E-state index in [9.17, 15) is 0 Å². The van der Waals surface area contributed by atoms with Crippen LogP contribution in [0.1, 0.15) is 40.5 Å². The molecule has 0 nitrogen and oxygen atoms in total. The maximum Gasteiger partial charge on any atom is -0.00419 e. The first kappa shape index (κ1) is 10.6. The van der Waals surface area contributed by atoms with E-state index < -0.39 is 0 Å². The fourth-order valence-corrected chi connectivity index (χ4v) is 1.85. The number of hydrogen-bond donors (Lipinski definition) is 0. The largest absolute Gasteiger partial charge is 0.0773 e. The summed E-state index contributed by atoms with van der Waals surface area (Å²) in [6, 6.07) is 0. The standard InChI is InChI=1S/C13H22/c1-5-11(4)13-7-6-12(9-13)8-10(2)3/h6-7,9-12H,5,8H2,1-4H3. The molecule has 0 saturated heterocycles. The lowest BCUT2D eigenvalue weighted by molar-refractivity contribution is 0.533. The van der Waals surface area contributed by atoms with Gasteiger partial charge in [-0.2, -0.15) is 0 Å². The van der Waals surface area contributed by atoms with Crippen molar-refractivity contribution < 1.29 is 0 Å². The van der Waals surface area contributed by atoms with Crippen molar-refractivity contribution in [1.82, 2.24) is 0 Å². The summed E-state index contributed by atoms with van der Waals surface area (Å²) in [4.78, 5) is 0. The molecular weight excluding hydrogens is 156 g/mol. The lowest BCUT2D eigenvalue weighted by Gasteiger charge is -2.09. The van der Waals surface area contributed by atoms with Crippen LogP contribution in [0, 0.1) is 17.8 Å². The Morgan fingerprint density at radius 1 is 1.31 bits per heavy atom. The lowest BCUT2D eigenvalue weighted by Crippen LogP contribution is -1.97. The topological polar surface area (TPSA) is 0 Å². The molecule has 1 aliphatic rings. The molecule has 74 valence electrons. The quantitative estimate of drug-likeness (QED) is 0.605. The summed E-state index contributed by atoms with van der Waals surface area (Å²) in [5.41, 5.74) is 1.55. The highest BCUT2D eigenvalue weighted by Crippen LogP contribution is 2.27. The van der Waals surface area contributed by atoms with E-state index >= 15 is 0 Å². The number of allylic oxidation sites excluding steroid dienone is 4. The van der Waals surface area contributed by atoms with Crippen LogP contribution in [0.25, 0.3) is 0 Å². The highest BCUT2D eigenvalue weighted by atomic mass is 14.2. The van der Waals surface area contributed by atoms with E-state index in [1.54, 1.807) is 5.57 Å². The van der Waals surface area contributed by atoms with Crippen molar-refractivity contribution in [3.05, 3.63) is 23.8 Å². The van der Waals surface area contributed by atoms with Gasteiger partial charge in [0, 0.05) is 0 Å². The molecule has 2 unspecified atom stereocenters. The fourth-order valence-electron chi connectivity index (χ4n) is 1.85. The molecule has 0 heterocycles. The fraction of sp³-hybridized carbons (Fsp3) is 0.692. The van der Waals surface area contributed by atoms with E-state index in [2.05, 4.69) is 45.9 Å².